The van der Waals surface area contributed by atoms with Crippen molar-refractivity contribution in [2.45, 2.75) is 16.2 Å². The molecule has 4 aromatic rings. The molecule has 0 radical (unpaired) electrons. The molecule has 0 atom stereocenters. The molecule has 8 nitrogen and oxygen atoms in total. The van der Waals surface area contributed by atoms with Crippen molar-refractivity contribution in [1.29, 1.82) is 0 Å². The van der Waals surface area contributed by atoms with Gasteiger partial charge in [-0.05, 0) is 30.7 Å². The zero-order chi connectivity index (χ0) is 23.1. The minimum Gasteiger partial charge on any atom is -0.255 e. The lowest BCUT2D eigenvalue weighted by atomic mass is 10.2. The molecule has 0 unspecified atom stereocenters. The first kappa shape index (κ1) is 21.9. The molecule has 0 amide bonds. The van der Waals surface area contributed by atoms with Gasteiger partial charge in [-0.15, -0.1) is 0 Å². The summed E-state index contributed by atoms with van der Waals surface area (Å²) in [6, 6.07) is 17.3. The summed E-state index contributed by atoms with van der Waals surface area (Å²) in [6.07, 6.45) is 3.52. The van der Waals surface area contributed by atoms with E-state index < -0.39 is 20.0 Å². The second-order valence-corrected chi connectivity index (χ2v) is 11.6. The van der Waals surface area contributed by atoms with Gasteiger partial charge in [-0.1, -0.05) is 36.4 Å². The third-order valence-electron chi connectivity index (χ3n) is 5.84. The van der Waals surface area contributed by atoms with E-state index in [0.29, 0.717) is 17.5 Å². The molecule has 1 aliphatic heterocycles. The molecule has 2 aromatic carbocycles. The Morgan fingerprint density at radius 2 is 1.00 bits per heavy atom. The lowest BCUT2D eigenvalue weighted by molar-refractivity contribution is 0.405. The van der Waals surface area contributed by atoms with Crippen LogP contribution in [-0.4, -0.2) is 61.6 Å². The standard InChI is InChI=1S/C23H22N4O4S2/c28-32(29,20-10-1-6-18-8-3-12-24-22(18)20)26-14-5-15-27(17-16-26)33(30,31)21-11-2-7-19-9-4-13-25-23(19)21/h1-4,6-13H,5,14-17H2. The van der Waals surface area contributed by atoms with Crippen LogP contribution in [0.15, 0.2) is 82.8 Å². The van der Waals surface area contributed by atoms with E-state index in [4.69, 9.17) is 0 Å². The van der Waals surface area contributed by atoms with Crippen molar-refractivity contribution in [3.8, 4) is 0 Å². The summed E-state index contributed by atoms with van der Waals surface area (Å²) < 4.78 is 56.6. The number of benzene rings is 2. The largest absolute Gasteiger partial charge is 0.255 e. The first-order valence-electron chi connectivity index (χ1n) is 10.6. The summed E-state index contributed by atoms with van der Waals surface area (Å²) in [4.78, 5) is 8.81. The second kappa shape index (κ2) is 8.45. The topological polar surface area (TPSA) is 101 Å². The highest BCUT2D eigenvalue weighted by Crippen LogP contribution is 2.28. The van der Waals surface area contributed by atoms with Gasteiger partial charge in [0.2, 0.25) is 20.0 Å². The first-order valence-corrected chi connectivity index (χ1v) is 13.4. The third-order valence-corrected chi connectivity index (χ3v) is 9.70. The number of sulfonamides is 2. The number of pyridine rings is 2. The SMILES string of the molecule is O=S(=O)(c1cccc2cccnc12)N1CCCN(S(=O)(=O)c2cccc3cccnc23)CC1. The maximum Gasteiger partial charge on any atom is 0.245 e. The molecule has 2 aromatic heterocycles. The van der Waals surface area contributed by atoms with E-state index in [2.05, 4.69) is 9.97 Å². The smallest absolute Gasteiger partial charge is 0.245 e. The first-order chi connectivity index (χ1) is 15.9. The molecule has 1 aliphatic rings. The molecule has 33 heavy (non-hydrogen) atoms. The van der Waals surface area contributed by atoms with Gasteiger partial charge in [-0.3, -0.25) is 9.97 Å². The van der Waals surface area contributed by atoms with E-state index in [0.717, 1.165) is 10.8 Å². The summed E-state index contributed by atoms with van der Waals surface area (Å²) in [5.41, 5.74) is 0.825. The van der Waals surface area contributed by atoms with Crippen LogP contribution in [0.5, 0.6) is 0 Å². The molecule has 0 bridgehead atoms. The molecule has 10 heteroatoms. The van der Waals surface area contributed by atoms with Gasteiger partial charge in [-0.2, -0.15) is 8.61 Å². The van der Waals surface area contributed by atoms with Gasteiger partial charge >= 0.3 is 0 Å². The van der Waals surface area contributed by atoms with Crippen LogP contribution in [0.4, 0.5) is 0 Å². The maximum absolute atomic E-state index is 13.5. The Kier molecular flexibility index (Phi) is 5.61. The minimum atomic E-state index is -3.84. The average Bonchev–Trinajstić information content (AvgIpc) is 3.11. The zero-order valence-electron chi connectivity index (χ0n) is 17.7. The number of hydrogen-bond donors (Lipinski definition) is 0. The van der Waals surface area contributed by atoms with Crippen molar-refractivity contribution in [3.05, 3.63) is 73.1 Å². The Morgan fingerprint density at radius 1 is 0.576 bits per heavy atom. The molecule has 1 fully saturated rings. The molecule has 0 aliphatic carbocycles. The number of aromatic nitrogens is 2. The fourth-order valence-corrected chi connectivity index (χ4v) is 7.47. The van der Waals surface area contributed by atoms with E-state index in [9.17, 15) is 16.8 Å². The molecule has 0 saturated carbocycles. The number of nitrogens with zero attached hydrogens (tertiary/aromatic N) is 4. The van der Waals surface area contributed by atoms with E-state index >= 15 is 0 Å². The highest BCUT2D eigenvalue weighted by atomic mass is 32.2. The van der Waals surface area contributed by atoms with E-state index in [-0.39, 0.29) is 36.0 Å². The Balaban J connectivity index is 1.45. The van der Waals surface area contributed by atoms with Crippen LogP contribution in [0, 0.1) is 0 Å². The lowest BCUT2D eigenvalue weighted by Crippen LogP contribution is -2.37. The van der Waals surface area contributed by atoms with Crippen molar-refractivity contribution in [3.63, 3.8) is 0 Å². The summed E-state index contributed by atoms with van der Waals surface area (Å²) in [7, 11) is -7.69. The van der Waals surface area contributed by atoms with Gasteiger partial charge < -0.3 is 0 Å². The molecular weight excluding hydrogens is 460 g/mol. The monoisotopic (exact) mass is 482 g/mol. The molecule has 1 saturated heterocycles. The maximum atomic E-state index is 13.5. The van der Waals surface area contributed by atoms with Crippen molar-refractivity contribution in [2.24, 2.45) is 0 Å². The minimum absolute atomic E-state index is 0.0585. The highest BCUT2D eigenvalue weighted by molar-refractivity contribution is 7.89. The summed E-state index contributed by atoms with van der Waals surface area (Å²) >= 11 is 0. The van der Waals surface area contributed by atoms with Gasteiger partial charge in [0.1, 0.15) is 9.79 Å². The molecule has 170 valence electrons. The van der Waals surface area contributed by atoms with Crippen LogP contribution in [0.2, 0.25) is 0 Å². The van der Waals surface area contributed by atoms with Gasteiger partial charge in [-0.25, -0.2) is 16.8 Å². The zero-order valence-corrected chi connectivity index (χ0v) is 19.3. The Labute approximate surface area is 192 Å². The Morgan fingerprint density at radius 3 is 1.45 bits per heavy atom. The van der Waals surface area contributed by atoms with Crippen molar-refractivity contribution in [2.75, 3.05) is 26.2 Å². The predicted octanol–water partition coefficient (Wildman–Crippen LogP) is 2.87. The Hall–Kier alpha value is -2.92. The van der Waals surface area contributed by atoms with Crippen LogP contribution >= 0.6 is 0 Å². The van der Waals surface area contributed by atoms with Crippen molar-refractivity contribution < 1.29 is 16.8 Å². The normalized spacial score (nSPS) is 16.7. The summed E-state index contributed by atoms with van der Waals surface area (Å²) in [6.45, 7) is 0.572. The van der Waals surface area contributed by atoms with Gasteiger partial charge in [0.25, 0.3) is 0 Å². The van der Waals surface area contributed by atoms with Crippen LogP contribution < -0.4 is 0 Å². The highest BCUT2D eigenvalue weighted by Gasteiger charge is 2.33. The van der Waals surface area contributed by atoms with Crippen LogP contribution in [0.1, 0.15) is 6.42 Å². The number of rotatable bonds is 4. The average molecular weight is 483 g/mol. The van der Waals surface area contributed by atoms with Crippen molar-refractivity contribution >= 4 is 41.9 Å². The van der Waals surface area contributed by atoms with Crippen molar-refractivity contribution in [1.82, 2.24) is 18.6 Å². The summed E-state index contributed by atoms with van der Waals surface area (Å²) in [5, 5.41) is 1.47. The number of para-hydroxylation sites is 2. The predicted molar refractivity (Wildman–Crippen MR) is 126 cm³/mol. The molecule has 5 rings (SSSR count). The van der Waals surface area contributed by atoms with E-state index in [1.165, 1.54) is 8.61 Å². The second-order valence-electron chi connectivity index (χ2n) is 7.82. The molecule has 3 heterocycles. The van der Waals surface area contributed by atoms with E-state index in [1.54, 1.807) is 48.8 Å². The third kappa shape index (κ3) is 3.89. The van der Waals surface area contributed by atoms with E-state index in [1.807, 2.05) is 24.3 Å². The lowest BCUT2D eigenvalue weighted by Gasteiger charge is -2.22. The fourth-order valence-electron chi connectivity index (χ4n) is 4.20. The number of fused-ring (bicyclic) bond motifs is 2. The fraction of sp³-hybridized carbons (Fsp3) is 0.217. The quantitative estimate of drug-likeness (QED) is 0.443. The van der Waals surface area contributed by atoms with Crippen LogP contribution in [-0.2, 0) is 20.0 Å². The van der Waals surface area contributed by atoms with Crippen LogP contribution in [0.25, 0.3) is 21.8 Å². The van der Waals surface area contributed by atoms with Gasteiger partial charge in [0.15, 0.2) is 0 Å². The Bertz CT molecular complexity index is 1430. The van der Waals surface area contributed by atoms with Gasteiger partial charge in [0.05, 0.1) is 11.0 Å². The van der Waals surface area contributed by atoms with Gasteiger partial charge in [0, 0.05) is 49.3 Å². The molecule has 0 spiro atoms. The summed E-state index contributed by atoms with van der Waals surface area (Å²) in [5.74, 6) is 0. The molecular formula is C23H22N4O4S2. The number of hydrogen-bond acceptors (Lipinski definition) is 6. The van der Waals surface area contributed by atoms with Crippen LogP contribution in [0.3, 0.4) is 0 Å². The molecule has 0 N–H and O–H groups in total.